The molecule has 0 bridgehead atoms. The predicted octanol–water partition coefficient (Wildman–Crippen LogP) is 3.25. The molecular formula is C14H10AcF3N2O3-. The number of aromatic carboxylic acids is 1. The Morgan fingerprint density at radius 2 is 1.96 bits per heavy atom. The van der Waals surface area contributed by atoms with Crippen LogP contribution in [0, 0.1) is 62.6 Å². The average molecular weight is 538 g/mol. The van der Waals surface area contributed by atoms with Gasteiger partial charge in [0.1, 0.15) is 17.6 Å². The van der Waals surface area contributed by atoms with Crippen LogP contribution < -0.4 is 5.43 Å². The van der Waals surface area contributed by atoms with E-state index < -0.39 is 51.9 Å². The van der Waals surface area contributed by atoms with Crippen LogP contribution >= 0.6 is 0 Å². The first-order valence-corrected chi connectivity index (χ1v) is 6.41. The minimum atomic E-state index is -1.57. The number of halogens is 3. The monoisotopic (exact) mass is 538 g/mol. The van der Waals surface area contributed by atoms with E-state index in [1.165, 1.54) is 6.92 Å². The molecule has 2 N–H and O–H groups in total. The number of rotatable bonds is 2. The van der Waals surface area contributed by atoms with Crippen molar-refractivity contribution in [2.75, 3.05) is 0 Å². The smallest absolute Gasteiger partial charge is 0.341 e. The minimum Gasteiger partial charge on any atom is -0.696 e. The molecule has 1 aliphatic carbocycles. The summed E-state index contributed by atoms with van der Waals surface area (Å²) in [4.78, 5) is 23.3. The summed E-state index contributed by atoms with van der Waals surface area (Å²) in [6.07, 6.45) is -0.238. The summed E-state index contributed by atoms with van der Waals surface area (Å²) in [7, 11) is 0. The fourth-order valence-corrected chi connectivity index (χ4v) is 2.59. The Bertz CT molecular complexity index is 897. The van der Waals surface area contributed by atoms with Crippen molar-refractivity contribution in [3.8, 4) is 0 Å². The molecule has 0 amide bonds. The number of fused-ring (bicyclic) bond motifs is 1. The van der Waals surface area contributed by atoms with E-state index in [1.54, 1.807) is 0 Å². The Morgan fingerprint density at radius 1 is 1.39 bits per heavy atom. The van der Waals surface area contributed by atoms with Crippen molar-refractivity contribution in [2.45, 2.75) is 25.6 Å². The molecule has 119 valence electrons. The van der Waals surface area contributed by atoms with Crippen LogP contribution in [0.2, 0.25) is 0 Å². The molecule has 2 atom stereocenters. The Labute approximate surface area is 163 Å². The Hall–Kier alpha value is -1.07. The second kappa shape index (κ2) is 6.10. The van der Waals surface area contributed by atoms with Gasteiger partial charge in [0, 0.05) is 67.6 Å². The predicted molar refractivity (Wildman–Crippen MR) is 72.4 cm³/mol. The molecule has 1 aromatic heterocycles. The molecule has 0 saturated heterocycles. The quantitative estimate of drug-likeness (QED) is 0.638. The first-order chi connectivity index (χ1) is 10.3. The molecule has 1 heterocycles. The van der Waals surface area contributed by atoms with E-state index in [9.17, 15) is 22.8 Å². The molecule has 1 saturated carbocycles. The fourth-order valence-electron chi connectivity index (χ4n) is 2.59. The number of alkyl halides is 1. The van der Waals surface area contributed by atoms with E-state index in [0.717, 1.165) is 10.8 Å². The van der Waals surface area contributed by atoms with E-state index in [0.29, 0.717) is 0 Å². The van der Waals surface area contributed by atoms with E-state index >= 15 is 0 Å². The van der Waals surface area contributed by atoms with Crippen molar-refractivity contribution in [1.29, 1.82) is 0 Å². The second-order valence-corrected chi connectivity index (χ2v) is 5.25. The summed E-state index contributed by atoms with van der Waals surface area (Å²) in [5.74, 6) is -4.40. The molecule has 0 spiro atoms. The average Bonchev–Trinajstić information content (AvgIpc) is 3.18. The van der Waals surface area contributed by atoms with Gasteiger partial charge >= 0.3 is 5.97 Å². The van der Waals surface area contributed by atoms with Gasteiger partial charge < -0.3 is 15.4 Å². The number of carboxylic acids is 1. The summed E-state index contributed by atoms with van der Waals surface area (Å²) >= 11 is 0. The summed E-state index contributed by atoms with van der Waals surface area (Å²) in [6.45, 7) is 1.20. The van der Waals surface area contributed by atoms with Gasteiger partial charge in [-0.1, -0.05) is 5.69 Å². The zero-order chi connectivity index (χ0) is 16.3. The Morgan fingerprint density at radius 3 is 2.43 bits per heavy atom. The number of nitrogens with one attached hydrogen (secondary N) is 1. The first kappa shape index (κ1) is 18.3. The fraction of sp³-hybridized carbons (Fsp3) is 0.286. The van der Waals surface area contributed by atoms with Gasteiger partial charge in [-0.2, -0.15) is 0 Å². The van der Waals surface area contributed by atoms with Gasteiger partial charge in [-0.3, -0.25) is 4.79 Å². The standard InChI is InChI=1S/C14H11F3N2O3.Ac/c1-4-9(16)10(17)11(18)8-12(4)19(7-2-6(7)15)3-5(13(8)20)14(21)22;/h3,6-7H,2H2,1H3,(H3,18,20,21,22);/p-1. The number of pyridine rings is 1. The van der Waals surface area contributed by atoms with Gasteiger partial charge in [-0.15, -0.1) is 0 Å². The second-order valence-electron chi connectivity index (χ2n) is 5.25. The maximum Gasteiger partial charge on any atom is 0.341 e. The molecule has 1 aromatic carbocycles. The van der Waals surface area contributed by atoms with Crippen LogP contribution in [0.4, 0.5) is 18.9 Å². The summed E-state index contributed by atoms with van der Waals surface area (Å²) in [5, 5.41) is 8.52. The zero-order valence-corrected chi connectivity index (χ0v) is 16.6. The van der Waals surface area contributed by atoms with Crippen LogP contribution in [0.5, 0.6) is 0 Å². The molecule has 1 fully saturated rings. The topological polar surface area (TPSA) is 83.1 Å². The van der Waals surface area contributed by atoms with Crippen molar-refractivity contribution in [1.82, 2.24) is 4.57 Å². The molecule has 3 rings (SSSR count). The maximum atomic E-state index is 13.9. The van der Waals surface area contributed by atoms with Crippen molar-refractivity contribution >= 4 is 22.6 Å². The number of aryl methyl sites for hydroxylation is 1. The SMILES string of the molecule is Cc1c(F)c(F)c([NH-])c2c(=O)c(C(=O)O)cn(C3CC3F)c12.[Ac]. The molecule has 1 radical (unpaired) electrons. The van der Waals surface area contributed by atoms with E-state index in [2.05, 4.69) is 0 Å². The van der Waals surface area contributed by atoms with Crippen LogP contribution in [0.3, 0.4) is 0 Å². The van der Waals surface area contributed by atoms with Gasteiger partial charge in [0.05, 0.1) is 11.6 Å². The molecule has 5 nitrogen and oxygen atoms in total. The molecule has 2 aromatic rings. The summed E-state index contributed by atoms with van der Waals surface area (Å²) in [6, 6.07) is -0.746. The third kappa shape index (κ3) is 2.68. The van der Waals surface area contributed by atoms with Crippen molar-refractivity contribution in [3.63, 3.8) is 0 Å². The molecule has 0 aliphatic heterocycles. The molecule has 9 heteroatoms. The summed E-state index contributed by atoms with van der Waals surface area (Å²) in [5.41, 5.74) is 4.41. The number of benzene rings is 1. The first-order valence-electron chi connectivity index (χ1n) is 6.41. The number of nitrogens with zero attached hydrogens (tertiary/aromatic N) is 1. The minimum absolute atomic E-state index is 0. The number of aromatic nitrogens is 1. The maximum absolute atomic E-state index is 13.9. The van der Waals surface area contributed by atoms with Crippen molar-refractivity contribution < 1.29 is 67.1 Å². The molecule has 1 aliphatic rings. The van der Waals surface area contributed by atoms with Gasteiger partial charge in [-0.05, 0) is 6.92 Å². The molecule has 2 unspecified atom stereocenters. The van der Waals surface area contributed by atoms with E-state index in [1.807, 2.05) is 0 Å². The molecule has 23 heavy (non-hydrogen) atoms. The van der Waals surface area contributed by atoms with Crippen LogP contribution in [0.15, 0.2) is 11.0 Å². The van der Waals surface area contributed by atoms with Gasteiger partial charge in [-0.25, -0.2) is 18.0 Å². The van der Waals surface area contributed by atoms with Crippen LogP contribution in [0.25, 0.3) is 16.6 Å². The van der Waals surface area contributed by atoms with Crippen LogP contribution in [-0.2, 0) is 0 Å². The summed E-state index contributed by atoms with van der Waals surface area (Å²) < 4.78 is 42.1. The zero-order valence-electron chi connectivity index (χ0n) is 11.9. The van der Waals surface area contributed by atoms with Gasteiger partial charge in [0.25, 0.3) is 0 Å². The van der Waals surface area contributed by atoms with E-state index in [4.69, 9.17) is 10.8 Å². The normalized spacial score (nSPS) is 19.5. The third-order valence-corrected chi connectivity index (χ3v) is 3.85. The van der Waals surface area contributed by atoms with Crippen molar-refractivity contribution in [2.24, 2.45) is 0 Å². The largest absolute Gasteiger partial charge is 0.696 e. The number of hydrogen-bond donors (Lipinski definition) is 1. The van der Waals surface area contributed by atoms with Gasteiger partial charge in [0.2, 0.25) is 5.43 Å². The molecular weight excluding hydrogens is 528 g/mol. The van der Waals surface area contributed by atoms with E-state index in [-0.39, 0.29) is 61.6 Å². The number of carboxylic acid groups (broad SMARTS) is 1. The van der Waals surface area contributed by atoms with Gasteiger partial charge in [0.15, 0.2) is 5.82 Å². The van der Waals surface area contributed by atoms with Crippen LogP contribution in [0.1, 0.15) is 28.4 Å². The number of hydrogen-bond acceptors (Lipinski definition) is 2. The third-order valence-electron chi connectivity index (χ3n) is 3.85. The van der Waals surface area contributed by atoms with Crippen LogP contribution in [-0.4, -0.2) is 21.8 Å². The Kier molecular flexibility index (Phi) is 4.84. The Balaban J connectivity index is 0.00000192. The number of carbonyl (C=O) groups is 1. The van der Waals surface area contributed by atoms with Crippen molar-refractivity contribution in [3.05, 3.63) is 44.9 Å².